The molecule has 7 heteroatoms. The predicted molar refractivity (Wildman–Crippen MR) is 150 cm³/mol. The molecule has 1 amide bonds. The standard InChI is InChI=1S/C31H30N2O4S/c1-19-7-5-6-8-26(19)21(3)37-30(35)32-27-20(2)33-38-28(27)24-11-9-22(10-12-24)23-13-15-25(16-14-23)31(17-18-31)29(34)36-4/h5-16,21H,17-18H2,1-4H3,(H,32,35)/t21-/m1/s1. The maximum atomic E-state index is 12.8. The Balaban J connectivity index is 1.30. The molecule has 0 saturated heterocycles. The van der Waals surface area contributed by atoms with Crippen LogP contribution in [0.1, 0.15) is 48.3 Å². The average molecular weight is 527 g/mol. The van der Waals surface area contributed by atoms with E-state index in [2.05, 4.69) is 21.8 Å². The molecule has 1 atom stereocenters. The maximum absolute atomic E-state index is 12.8. The van der Waals surface area contributed by atoms with Gasteiger partial charge in [-0.25, -0.2) is 4.79 Å². The van der Waals surface area contributed by atoms with E-state index in [1.54, 1.807) is 0 Å². The van der Waals surface area contributed by atoms with E-state index in [-0.39, 0.29) is 12.1 Å². The second kappa shape index (κ2) is 10.4. The quantitative estimate of drug-likeness (QED) is 0.251. The normalized spacial score (nSPS) is 14.4. The van der Waals surface area contributed by atoms with Gasteiger partial charge in [0.25, 0.3) is 0 Å². The Bertz CT molecular complexity index is 1470. The Morgan fingerprint density at radius 2 is 1.53 bits per heavy atom. The Morgan fingerprint density at radius 1 is 0.921 bits per heavy atom. The molecule has 6 nitrogen and oxygen atoms in total. The van der Waals surface area contributed by atoms with E-state index in [0.717, 1.165) is 56.8 Å². The van der Waals surface area contributed by atoms with Gasteiger partial charge >= 0.3 is 12.1 Å². The molecule has 5 rings (SSSR count). The first-order valence-electron chi connectivity index (χ1n) is 12.6. The van der Waals surface area contributed by atoms with Gasteiger partial charge in [0.15, 0.2) is 0 Å². The lowest BCUT2D eigenvalue weighted by Crippen LogP contribution is -2.21. The van der Waals surface area contributed by atoms with Crippen molar-refractivity contribution in [3.05, 3.63) is 95.2 Å². The first-order chi connectivity index (χ1) is 18.3. The highest BCUT2D eigenvalue weighted by molar-refractivity contribution is 7.10. The van der Waals surface area contributed by atoms with Crippen molar-refractivity contribution < 1.29 is 19.1 Å². The number of hydrogen-bond acceptors (Lipinski definition) is 6. The number of ether oxygens (including phenoxy) is 2. The molecular formula is C31H30N2O4S. The van der Waals surface area contributed by atoms with Crippen LogP contribution in [0.3, 0.4) is 0 Å². The lowest BCUT2D eigenvalue weighted by Gasteiger charge is -2.16. The van der Waals surface area contributed by atoms with Gasteiger partial charge in [-0.05, 0) is 78.5 Å². The summed E-state index contributed by atoms with van der Waals surface area (Å²) in [5.74, 6) is -0.160. The van der Waals surface area contributed by atoms with Crippen LogP contribution in [0.15, 0.2) is 72.8 Å². The maximum Gasteiger partial charge on any atom is 0.412 e. The summed E-state index contributed by atoms with van der Waals surface area (Å²) in [5, 5.41) is 2.91. The zero-order valence-corrected chi connectivity index (χ0v) is 22.7. The van der Waals surface area contributed by atoms with Crippen LogP contribution in [0.25, 0.3) is 21.6 Å². The summed E-state index contributed by atoms with van der Waals surface area (Å²) >= 11 is 1.34. The van der Waals surface area contributed by atoms with Gasteiger partial charge in [0.05, 0.1) is 28.8 Å². The van der Waals surface area contributed by atoms with Crippen molar-refractivity contribution in [3.8, 4) is 21.6 Å². The highest BCUT2D eigenvalue weighted by Gasteiger charge is 2.52. The van der Waals surface area contributed by atoms with Crippen molar-refractivity contribution in [1.82, 2.24) is 4.37 Å². The number of benzene rings is 3. The molecule has 0 spiro atoms. The zero-order valence-electron chi connectivity index (χ0n) is 21.9. The number of nitrogens with one attached hydrogen (secondary N) is 1. The fraction of sp³-hybridized carbons (Fsp3) is 0.258. The summed E-state index contributed by atoms with van der Waals surface area (Å²) in [5.41, 5.74) is 7.07. The molecule has 1 N–H and O–H groups in total. The molecule has 0 radical (unpaired) electrons. The summed E-state index contributed by atoms with van der Waals surface area (Å²) in [7, 11) is 1.44. The highest BCUT2D eigenvalue weighted by Crippen LogP contribution is 2.49. The number of nitrogens with zero attached hydrogens (tertiary/aromatic N) is 1. The monoisotopic (exact) mass is 526 g/mol. The van der Waals surface area contributed by atoms with Crippen molar-refractivity contribution in [1.29, 1.82) is 0 Å². The number of esters is 1. The van der Waals surface area contributed by atoms with Crippen molar-refractivity contribution in [3.63, 3.8) is 0 Å². The van der Waals surface area contributed by atoms with Crippen LogP contribution in [0.5, 0.6) is 0 Å². The average Bonchev–Trinajstić information content (AvgIpc) is 3.67. The van der Waals surface area contributed by atoms with Crippen LogP contribution in [0, 0.1) is 13.8 Å². The molecule has 3 aromatic carbocycles. The SMILES string of the molecule is COC(=O)C1(c2ccc(-c3ccc(-c4snc(C)c4NC(=O)O[C@H](C)c4ccccc4C)cc3)cc2)CC1. The largest absolute Gasteiger partial charge is 0.468 e. The molecule has 1 saturated carbocycles. The van der Waals surface area contributed by atoms with E-state index >= 15 is 0 Å². The number of rotatable bonds is 7. The molecular weight excluding hydrogens is 496 g/mol. The second-order valence-corrected chi connectivity index (χ2v) is 10.5. The molecule has 1 heterocycles. The van der Waals surface area contributed by atoms with Crippen molar-refractivity contribution in [2.24, 2.45) is 0 Å². The molecule has 38 heavy (non-hydrogen) atoms. The van der Waals surface area contributed by atoms with Crippen LogP contribution >= 0.6 is 11.5 Å². The summed E-state index contributed by atoms with van der Waals surface area (Å²) in [6, 6.07) is 24.2. The van der Waals surface area contributed by atoms with Crippen LogP contribution in [0.4, 0.5) is 10.5 Å². The van der Waals surface area contributed by atoms with Gasteiger partial charge in [0, 0.05) is 0 Å². The highest BCUT2D eigenvalue weighted by atomic mass is 32.1. The van der Waals surface area contributed by atoms with Gasteiger partial charge in [-0.2, -0.15) is 4.37 Å². The van der Waals surface area contributed by atoms with E-state index in [0.29, 0.717) is 5.69 Å². The molecule has 0 bridgehead atoms. The smallest absolute Gasteiger partial charge is 0.412 e. The van der Waals surface area contributed by atoms with E-state index in [1.807, 2.05) is 81.4 Å². The van der Waals surface area contributed by atoms with E-state index < -0.39 is 11.5 Å². The number of aromatic nitrogens is 1. The minimum atomic E-state index is -0.512. The Morgan fingerprint density at radius 3 is 2.13 bits per heavy atom. The van der Waals surface area contributed by atoms with Crippen molar-refractivity contribution in [2.75, 3.05) is 12.4 Å². The van der Waals surface area contributed by atoms with Gasteiger partial charge in [-0.3, -0.25) is 10.1 Å². The molecule has 1 aliphatic carbocycles. The molecule has 1 aliphatic rings. The van der Waals surface area contributed by atoms with E-state index in [1.165, 1.54) is 18.6 Å². The third-order valence-electron chi connectivity index (χ3n) is 7.24. The number of hydrogen-bond donors (Lipinski definition) is 1. The van der Waals surface area contributed by atoms with Gasteiger partial charge in [-0.15, -0.1) is 0 Å². The topological polar surface area (TPSA) is 77.5 Å². The van der Waals surface area contributed by atoms with Gasteiger partial charge < -0.3 is 9.47 Å². The van der Waals surface area contributed by atoms with Crippen LogP contribution in [-0.2, 0) is 19.7 Å². The summed E-state index contributed by atoms with van der Waals surface area (Å²) < 4.78 is 15.1. The number of amides is 1. The van der Waals surface area contributed by atoms with E-state index in [9.17, 15) is 9.59 Å². The minimum Gasteiger partial charge on any atom is -0.468 e. The fourth-order valence-corrected chi connectivity index (χ4v) is 5.69. The van der Waals surface area contributed by atoms with Crippen molar-refractivity contribution >= 4 is 29.3 Å². The second-order valence-electron chi connectivity index (χ2n) is 9.73. The molecule has 194 valence electrons. The van der Waals surface area contributed by atoms with Crippen LogP contribution in [0.2, 0.25) is 0 Å². The first kappa shape index (κ1) is 25.7. The number of anilines is 1. The number of methoxy groups -OCH3 is 1. The summed E-state index contributed by atoms with van der Waals surface area (Å²) in [6.07, 6.45) is 0.773. The summed E-state index contributed by atoms with van der Waals surface area (Å²) in [6.45, 7) is 5.74. The fourth-order valence-electron chi connectivity index (χ4n) is 4.84. The number of carbonyl (C=O) groups excluding carboxylic acids is 2. The predicted octanol–water partition coefficient (Wildman–Crippen LogP) is 7.61. The van der Waals surface area contributed by atoms with Gasteiger partial charge in [-0.1, -0.05) is 72.8 Å². The molecule has 1 fully saturated rings. The molecule has 1 aromatic heterocycles. The zero-order chi connectivity index (χ0) is 26.9. The van der Waals surface area contributed by atoms with Gasteiger partial charge in [0.1, 0.15) is 6.10 Å². The molecule has 4 aromatic rings. The first-order valence-corrected chi connectivity index (χ1v) is 13.4. The number of aryl methyl sites for hydroxylation is 2. The lowest BCUT2D eigenvalue weighted by atomic mass is 9.93. The summed E-state index contributed by atoms with van der Waals surface area (Å²) in [4.78, 5) is 25.8. The Kier molecular flexibility index (Phi) is 7.04. The number of carbonyl (C=O) groups is 2. The van der Waals surface area contributed by atoms with E-state index in [4.69, 9.17) is 9.47 Å². The molecule has 0 unspecified atom stereocenters. The molecule has 0 aliphatic heterocycles. The van der Waals surface area contributed by atoms with Gasteiger partial charge in [0.2, 0.25) is 0 Å². The third-order valence-corrected chi connectivity index (χ3v) is 8.23. The van der Waals surface area contributed by atoms with Crippen LogP contribution < -0.4 is 5.32 Å². The Labute approximate surface area is 226 Å². The Hall–Kier alpha value is -3.97. The van der Waals surface area contributed by atoms with Crippen molar-refractivity contribution in [2.45, 2.75) is 45.1 Å². The van der Waals surface area contributed by atoms with Crippen LogP contribution in [-0.4, -0.2) is 23.5 Å². The lowest BCUT2D eigenvalue weighted by molar-refractivity contribution is -0.143. The minimum absolute atomic E-state index is 0.160. The third kappa shape index (κ3) is 4.94.